The minimum Gasteiger partial charge on any atom is -0.360 e. The van der Waals surface area contributed by atoms with Crippen LogP contribution in [0, 0.1) is 12.7 Å². The average molecular weight is 421 g/mol. The molecule has 0 spiro atoms. The molecule has 2 N–H and O–H groups in total. The standard InChI is InChI=1S/C20H23BrFN3O/c1-14-3-8-19(18(21)13-14)23-20(26)15(2)24-9-11-25(12-10-24)17-6-4-16(22)5-7-17/h3-8,13,15H,9-12H2,1-2H3,(H,23,26)/p+1/t15-/m1/s1. The number of hydrogen-bond donors (Lipinski definition) is 2. The van der Waals surface area contributed by atoms with Crippen LogP contribution < -0.4 is 15.1 Å². The molecule has 0 bridgehead atoms. The first kappa shape index (κ1) is 18.9. The second kappa shape index (κ2) is 8.18. The molecule has 0 radical (unpaired) electrons. The summed E-state index contributed by atoms with van der Waals surface area (Å²) in [6, 6.07) is 12.4. The van der Waals surface area contributed by atoms with Gasteiger partial charge >= 0.3 is 0 Å². The zero-order valence-corrected chi connectivity index (χ0v) is 16.6. The van der Waals surface area contributed by atoms with Crippen molar-refractivity contribution in [2.24, 2.45) is 0 Å². The van der Waals surface area contributed by atoms with Gasteiger partial charge in [-0.25, -0.2) is 4.39 Å². The Morgan fingerprint density at radius 2 is 1.85 bits per heavy atom. The smallest absolute Gasteiger partial charge is 0.282 e. The number of quaternary nitrogens is 1. The van der Waals surface area contributed by atoms with Gasteiger partial charge < -0.3 is 15.1 Å². The van der Waals surface area contributed by atoms with Gasteiger partial charge in [-0.15, -0.1) is 0 Å². The van der Waals surface area contributed by atoms with E-state index >= 15 is 0 Å². The molecule has 4 nitrogen and oxygen atoms in total. The molecule has 26 heavy (non-hydrogen) atoms. The first-order chi connectivity index (χ1) is 12.4. The second-order valence-corrected chi connectivity index (χ2v) is 7.67. The number of halogens is 2. The predicted molar refractivity (Wildman–Crippen MR) is 106 cm³/mol. The van der Waals surface area contributed by atoms with Crippen LogP contribution in [0.5, 0.6) is 0 Å². The van der Waals surface area contributed by atoms with Crippen molar-refractivity contribution in [3.63, 3.8) is 0 Å². The number of rotatable bonds is 4. The van der Waals surface area contributed by atoms with E-state index in [9.17, 15) is 9.18 Å². The third-order valence-corrected chi connectivity index (χ3v) is 5.64. The Morgan fingerprint density at radius 1 is 1.19 bits per heavy atom. The van der Waals surface area contributed by atoms with Gasteiger partial charge in [-0.05, 0) is 71.7 Å². The Balaban J connectivity index is 1.56. The maximum Gasteiger partial charge on any atom is 0.282 e. The quantitative estimate of drug-likeness (QED) is 0.797. The van der Waals surface area contributed by atoms with Crippen molar-refractivity contribution in [1.82, 2.24) is 0 Å². The lowest BCUT2D eigenvalue weighted by Crippen LogP contribution is -3.19. The Labute approximate surface area is 162 Å². The zero-order chi connectivity index (χ0) is 18.7. The van der Waals surface area contributed by atoms with Crippen LogP contribution in [0.2, 0.25) is 0 Å². The first-order valence-corrected chi connectivity index (χ1v) is 9.65. The molecule has 1 fully saturated rings. The van der Waals surface area contributed by atoms with Gasteiger partial charge in [0.2, 0.25) is 0 Å². The monoisotopic (exact) mass is 420 g/mol. The Kier molecular flexibility index (Phi) is 5.94. The van der Waals surface area contributed by atoms with Crippen LogP contribution in [0.1, 0.15) is 12.5 Å². The molecule has 1 aliphatic heterocycles. The van der Waals surface area contributed by atoms with E-state index in [0.29, 0.717) is 0 Å². The van der Waals surface area contributed by atoms with Gasteiger partial charge in [-0.3, -0.25) is 4.79 Å². The maximum atomic E-state index is 13.1. The van der Waals surface area contributed by atoms with Crippen LogP contribution >= 0.6 is 15.9 Å². The number of benzene rings is 2. The zero-order valence-electron chi connectivity index (χ0n) is 15.1. The maximum absolute atomic E-state index is 13.1. The molecule has 1 amide bonds. The van der Waals surface area contributed by atoms with E-state index in [1.54, 1.807) is 0 Å². The number of nitrogens with one attached hydrogen (secondary N) is 2. The van der Waals surface area contributed by atoms with Crippen molar-refractivity contribution >= 4 is 33.2 Å². The predicted octanol–water partition coefficient (Wildman–Crippen LogP) is 2.63. The Bertz CT molecular complexity index is 773. The SMILES string of the molecule is Cc1ccc(NC(=O)[C@@H](C)[NH+]2CCN(c3ccc(F)cc3)CC2)c(Br)c1. The average Bonchev–Trinajstić information content (AvgIpc) is 2.64. The molecule has 0 aliphatic carbocycles. The fourth-order valence-corrected chi connectivity index (χ4v) is 3.88. The lowest BCUT2D eigenvalue weighted by molar-refractivity contribution is -0.914. The molecule has 2 aromatic rings. The molecule has 0 saturated carbocycles. The van der Waals surface area contributed by atoms with Gasteiger partial charge in [0.05, 0.1) is 31.9 Å². The molecule has 1 aliphatic rings. The van der Waals surface area contributed by atoms with Gasteiger partial charge in [0.15, 0.2) is 6.04 Å². The summed E-state index contributed by atoms with van der Waals surface area (Å²) in [7, 11) is 0. The third kappa shape index (κ3) is 4.43. The molecule has 3 rings (SSSR count). The molecular weight excluding hydrogens is 397 g/mol. The number of anilines is 2. The van der Waals surface area contributed by atoms with E-state index in [4.69, 9.17) is 0 Å². The van der Waals surface area contributed by atoms with E-state index in [1.165, 1.54) is 17.0 Å². The van der Waals surface area contributed by atoms with Crippen molar-refractivity contribution in [2.75, 3.05) is 36.4 Å². The van der Waals surface area contributed by atoms with Crippen LogP contribution in [0.4, 0.5) is 15.8 Å². The highest BCUT2D eigenvalue weighted by molar-refractivity contribution is 9.10. The minimum absolute atomic E-state index is 0.0276. The van der Waals surface area contributed by atoms with Crippen molar-refractivity contribution in [3.05, 3.63) is 58.3 Å². The fourth-order valence-electron chi connectivity index (χ4n) is 3.28. The molecule has 138 valence electrons. The molecule has 0 unspecified atom stereocenters. The Morgan fingerprint density at radius 3 is 2.46 bits per heavy atom. The van der Waals surface area contributed by atoms with E-state index in [1.807, 2.05) is 44.2 Å². The highest BCUT2D eigenvalue weighted by atomic mass is 79.9. The lowest BCUT2D eigenvalue weighted by atomic mass is 10.2. The summed E-state index contributed by atoms with van der Waals surface area (Å²) in [5.74, 6) is -0.189. The van der Waals surface area contributed by atoms with Crippen LogP contribution in [-0.2, 0) is 4.79 Å². The van der Waals surface area contributed by atoms with Crippen LogP contribution in [0.15, 0.2) is 46.9 Å². The summed E-state index contributed by atoms with van der Waals surface area (Å²) in [6.45, 7) is 7.45. The van der Waals surface area contributed by atoms with Gasteiger partial charge in [0, 0.05) is 10.2 Å². The summed E-state index contributed by atoms with van der Waals surface area (Å²) < 4.78 is 14.0. The Hall–Kier alpha value is -1.92. The van der Waals surface area contributed by atoms with Crippen LogP contribution in [-0.4, -0.2) is 38.1 Å². The van der Waals surface area contributed by atoms with Gasteiger partial charge in [0.1, 0.15) is 5.82 Å². The molecule has 2 aromatic carbocycles. The van der Waals surface area contributed by atoms with E-state index in [2.05, 4.69) is 26.1 Å². The summed E-state index contributed by atoms with van der Waals surface area (Å²) in [6.07, 6.45) is 0. The van der Waals surface area contributed by atoms with Crippen molar-refractivity contribution in [1.29, 1.82) is 0 Å². The van der Waals surface area contributed by atoms with Crippen molar-refractivity contribution < 1.29 is 14.1 Å². The summed E-state index contributed by atoms with van der Waals surface area (Å²) in [5, 5.41) is 3.02. The minimum atomic E-state index is -0.217. The number of hydrogen-bond acceptors (Lipinski definition) is 2. The highest BCUT2D eigenvalue weighted by Crippen LogP contribution is 2.23. The van der Waals surface area contributed by atoms with Crippen LogP contribution in [0.25, 0.3) is 0 Å². The summed E-state index contributed by atoms with van der Waals surface area (Å²) in [5.41, 5.74) is 2.98. The van der Waals surface area contributed by atoms with E-state index in [0.717, 1.165) is 47.6 Å². The van der Waals surface area contributed by atoms with Crippen molar-refractivity contribution in [2.45, 2.75) is 19.9 Å². The highest BCUT2D eigenvalue weighted by Gasteiger charge is 2.29. The van der Waals surface area contributed by atoms with E-state index in [-0.39, 0.29) is 17.8 Å². The third-order valence-electron chi connectivity index (χ3n) is 4.99. The van der Waals surface area contributed by atoms with E-state index < -0.39 is 0 Å². The molecule has 6 heteroatoms. The molecule has 1 heterocycles. The summed E-state index contributed by atoms with van der Waals surface area (Å²) in [4.78, 5) is 16.1. The molecular formula is C20H24BrFN3O+. The second-order valence-electron chi connectivity index (χ2n) is 6.82. The first-order valence-electron chi connectivity index (χ1n) is 8.86. The largest absolute Gasteiger partial charge is 0.360 e. The number of amides is 1. The molecule has 0 aromatic heterocycles. The van der Waals surface area contributed by atoms with Gasteiger partial charge in [0.25, 0.3) is 5.91 Å². The van der Waals surface area contributed by atoms with Crippen LogP contribution in [0.3, 0.4) is 0 Å². The van der Waals surface area contributed by atoms with Crippen molar-refractivity contribution in [3.8, 4) is 0 Å². The summed E-state index contributed by atoms with van der Waals surface area (Å²) >= 11 is 3.50. The lowest BCUT2D eigenvalue weighted by Gasteiger charge is -2.36. The number of aryl methyl sites for hydroxylation is 1. The number of carbonyl (C=O) groups excluding carboxylic acids is 1. The number of piperazine rings is 1. The fraction of sp³-hybridized carbons (Fsp3) is 0.350. The number of nitrogens with zero attached hydrogens (tertiary/aromatic N) is 1. The number of carbonyl (C=O) groups is 1. The van der Waals surface area contributed by atoms with Gasteiger partial charge in [-0.1, -0.05) is 6.07 Å². The molecule has 1 atom stereocenters. The molecule has 1 saturated heterocycles. The van der Waals surface area contributed by atoms with Gasteiger partial charge in [-0.2, -0.15) is 0 Å². The normalized spacial score (nSPS) is 16.4. The topological polar surface area (TPSA) is 36.8 Å².